The van der Waals surface area contributed by atoms with E-state index in [1.165, 1.54) is 12.8 Å². The SMILES string of the molecule is Cc1nnnn1-c1ccc(C(CC2CCCC2)C(=O)Nc2ccc(Br)cn2)cc1Cl. The lowest BCUT2D eigenvalue weighted by Crippen LogP contribution is -2.23. The lowest BCUT2D eigenvalue weighted by atomic mass is 9.87. The highest BCUT2D eigenvalue weighted by atomic mass is 79.9. The second-order valence-corrected chi connectivity index (χ2v) is 8.96. The number of anilines is 1. The molecule has 0 spiro atoms. The molecule has 1 aromatic carbocycles. The van der Waals surface area contributed by atoms with Crippen molar-refractivity contribution >= 4 is 39.3 Å². The van der Waals surface area contributed by atoms with Crippen LogP contribution in [0, 0.1) is 12.8 Å². The Bertz CT molecular complexity index is 1030. The molecule has 0 bridgehead atoms. The largest absolute Gasteiger partial charge is 0.310 e. The van der Waals surface area contributed by atoms with Crippen LogP contribution in [0.4, 0.5) is 5.82 Å². The number of rotatable bonds is 6. The van der Waals surface area contributed by atoms with Crippen molar-refractivity contribution in [1.82, 2.24) is 25.2 Å². The number of carbonyl (C=O) groups is 1. The molecule has 1 fully saturated rings. The molecule has 30 heavy (non-hydrogen) atoms. The maximum atomic E-state index is 13.2. The number of amides is 1. The van der Waals surface area contributed by atoms with E-state index in [4.69, 9.17) is 11.6 Å². The van der Waals surface area contributed by atoms with Crippen LogP contribution in [-0.2, 0) is 4.79 Å². The first-order valence-corrected chi connectivity index (χ1v) is 11.2. The van der Waals surface area contributed by atoms with Gasteiger partial charge in [-0.2, -0.15) is 4.68 Å². The Morgan fingerprint density at radius 1 is 1.30 bits per heavy atom. The molecule has 1 amide bonds. The van der Waals surface area contributed by atoms with Gasteiger partial charge in [0.25, 0.3) is 0 Å². The van der Waals surface area contributed by atoms with Gasteiger partial charge in [0.15, 0.2) is 5.82 Å². The predicted molar refractivity (Wildman–Crippen MR) is 119 cm³/mol. The summed E-state index contributed by atoms with van der Waals surface area (Å²) in [6, 6.07) is 9.30. The number of halogens is 2. The quantitative estimate of drug-likeness (QED) is 0.521. The van der Waals surface area contributed by atoms with Gasteiger partial charge < -0.3 is 5.32 Å². The maximum Gasteiger partial charge on any atom is 0.233 e. The number of aromatic nitrogens is 5. The summed E-state index contributed by atoms with van der Waals surface area (Å²) in [5, 5.41) is 15.0. The minimum atomic E-state index is -0.305. The number of carbonyl (C=O) groups excluding carboxylic acids is 1. The average molecular weight is 490 g/mol. The average Bonchev–Trinajstić information content (AvgIpc) is 3.39. The van der Waals surface area contributed by atoms with Crippen LogP contribution in [-0.4, -0.2) is 31.1 Å². The zero-order chi connectivity index (χ0) is 21.1. The third-order valence-electron chi connectivity index (χ3n) is 5.57. The summed E-state index contributed by atoms with van der Waals surface area (Å²) in [5.41, 5.74) is 1.58. The van der Waals surface area contributed by atoms with Gasteiger partial charge >= 0.3 is 0 Å². The molecule has 2 heterocycles. The molecule has 0 radical (unpaired) electrons. The number of hydrogen-bond acceptors (Lipinski definition) is 5. The minimum Gasteiger partial charge on any atom is -0.310 e. The van der Waals surface area contributed by atoms with Crippen LogP contribution in [0.5, 0.6) is 0 Å². The lowest BCUT2D eigenvalue weighted by molar-refractivity contribution is -0.118. The smallest absolute Gasteiger partial charge is 0.233 e. The van der Waals surface area contributed by atoms with Crippen molar-refractivity contribution in [3.8, 4) is 5.69 Å². The molecule has 1 atom stereocenters. The number of pyridine rings is 1. The van der Waals surface area contributed by atoms with E-state index in [2.05, 4.69) is 41.8 Å². The summed E-state index contributed by atoms with van der Waals surface area (Å²) >= 11 is 9.94. The fourth-order valence-electron chi connectivity index (χ4n) is 4.00. The minimum absolute atomic E-state index is 0.0702. The van der Waals surface area contributed by atoms with Gasteiger partial charge in [-0.3, -0.25) is 4.79 Å². The summed E-state index contributed by atoms with van der Waals surface area (Å²) < 4.78 is 2.45. The van der Waals surface area contributed by atoms with E-state index in [-0.39, 0.29) is 11.8 Å². The number of tetrazole rings is 1. The van der Waals surface area contributed by atoms with Gasteiger partial charge in [-0.1, -0.05) is 43.4 Å². The van der Waals surface area contributed by atoms with E-state index in [9.17, 15) is 4.79 Å². The normalized spacial score (nSPS) is 15.3. The molecule has 2 aromatic heterocycles. The van der Waals surface area contributed by atoms with Gasteiger partial charge in [0.1, 0.15) is 5.82 Å². The summed E-state index contributed by atoms with van der Waals surface area (Å²) in [7, 11) is 0. The molecule has 9 heteroatoms. The highest BCUT2D eigenvalue weighted by Crippen LogP contribution is 2.36. The number of nitrogens with zero attached hydrogens (tertiary/aromatic N) is 5. The first-order chi connectivity index (χ1) is 14.5. The van der Waals surface area contributed by atoms with E-state index in [0.29, 0.717) is 28.3 Å². The standard InChI is InChI=1S/C21H22BrClN6O/c1-13-26-27-28-29(13)19-8-6-15(11-18(19)23)17(10-14-4-2-3-5-14)21(30)25-20-9-7-16(22)12-24-20/h6-9,11-12,14,17H,2-5,10H2,1H3,(H,24,25,30). The molecule has 1 unspecified atom stereocenters. The monoisotopic (exact) mass is 488 g/mol. The lowest BCUT2D eigenvalue weighted by Gasteiger charge is -2.21. The van der Waals surface area contributed by atoms with Gasteiger partial charge in [-0.05, 0) is 75.4 Å². The first kappa shape index (κ1) is 20.9. The third kappa shape index (κ3) is 4.70. The zero-order valence-electron chi connectivity index (χ0n) is 16.6. The highest BCUT2D eigenvalue weighted by molar-refractivity contribution is 9.10. The van der Waals surface area contributed by atoms with Crippen LogP contribution in [0.3, 0.4) is 0 Å². The molecular weight excluding hydrogens is 468 g/mol. The van der Waals surface area contributed by atoms with Crippen LogP contribution in [0.1, 0.15) is 49.4 Å². The Labute approximate surface area is 188 Å². The maximum absolute atomic E-state index is 13.2. The number of nitrogens with one attached hydrogen (secondary N) is 1. The molecule has 3 aromatic rings. The fourth-order valence-corrected chi connectivity index (χ4v) is 4.51. The van der Waals surface area contributed by atoms with Crippen molar-refractivity contribution in [2.45, 2.75) is 44.9 Å². The Morgan fingerprint density at radius 3 is 2.73 bits per heavy atom. The van der Waals surface area contributed by atoms with E-state index >= 15 is 0 Å². The Morgan fingerprint density at radius 2 is 2.10 bits per heavy atom. The zero-order valence-corrected chi connectivity index (χ0v) is 18.9. The van der Waals surface area contributed by atoms with Gasteiger partial charge in [-0.15, -0.1) is 5.10 Å². The molecule has 0 saturated heterocycles. The summed E-state index contributed by atoms with van der Waals surface area (Å²) in [5.74, 6) is 1.34. The molecule has 156 valence electrons. The van der Waals surface area contributed by atoms with Crippen molar-refractivity contribution in [3.63, 3.8) is 0 Å². The van der Waals surface area contributed by atoms with E-state index in [0.717, 1.165) is 29.3 Å². The summed E-state index contributed by atoms with van der Waals surface area (Å²) in [4.78, 5) is 17.5. The van der Waals surface area contributed by atoms with Gasteiger partial charge in [0.2, 0.25) is 5.91 Å². The topological polar surface area (TPSA) is 85.6 Å². The second-order valence-electron chi connectivity index (χ2n) is 7.64. The second kappa shape index (κ2) is 9.22. The van der Waals surface area contributed by atoms with Crippen LogP contribution >= 0.6 is 27.5 Å². The molecule has 7 nitrogen and oxygen atoms in total. The Kier molecular flexibility index (Phi) is 6.43. The number of aryl methyl sites for hydroxylation is 1. The molecule has 0 aliphatic heterocycles. The molecule has 1 aliphatic carbocycles. The van der Waals surface area contributed by atoms with Gasteiger partial charge in [0.05, 0.1) is 16.6 Å². The van der Waals surface area contributed by atoms with Crippen molar-refractivity contribution in [2.75, 3.05) is 5.32 Å². The van der Waals surface area contributed by atoms with Crippen molar-refractivity contribution in [3.05, 3.63) is 57.4 Å². The van der Waals surface area contributed by atoms with Crippen molar-refractivity contribution in [2.24, 2.45) is 5.92 Å². The Hall–Kier alpha value is -2.32. The molecular formula is C21H22BrClN6O. The van der Waals surface area contributed by atoms with Crippen LogP contribution < -0.4 is 5.32 Å². The number of hydrogen-bond donors (Lipinski definition) is 1. The Balaban J connectivity index is 1.61. The van der Waals surface area contributed by atoms with Crippen LogP contribution in [0.25, 0.3) is 5.69 Å². The summed E-state index contributed by atoms with van der Waals surface area (Å²) in [6.07, 6.45) is 7.24. The van der Waals surface area contributed by atoms with Crippen molar-refractivity contribution in [1.29, 1.82) is 0 Å². The van der Waals surface area contributed by atoms with Gasteiger partial charge in [0, 0.05) is 10.7 Å². The summed E-state index contributed by atoms with van der Waals surface area (Å²) in [6.45, 7) is 1.81. The van der Waals surface area contributed by atoms with Gasteiger partial charge in [-0.25, -0.2) is 4.98 Å². The molecule has 4 rings (SSSR count). The predicted octanol–water partition coefficient (Wildman–Crippen LogP) is 5.08. The molecule has 1 N–H and O–H groups in total. The van der Waals surface area contributed by atoms with Crippen molar-refractivity contribution < 1.29 is 4.79 Å². The van der Waals surface area contributed by atoms with E-state index < -0.39 is 0 Å². The third-order valence-corrected chi connectivity index (χ3v) is 6.34. The van der Waals surface area contributed by atoms with Crippen LogP contribution in [0.2, 0.25) is 5.02 Å². The number of benzene rings is 1. The fraction of sp³-hybridized carbons (Fsp3) is 0.381. The molecule has 1 aliphatic rings. The van der Waals surface area contributed by atoms with Crippen LogP contribution in [0.15, 0.2) is 41.0 Å². The van der Waals surface area contributed by atoms with E-state index in [1.807, 2.05) is 31.2 Å². The molecule has 1 saturated carbocycles. The first-order valence-electron chi connectivity index (χ1n) is 9.98. The highest BCUT2D eigenvalue weighted by Gasteiger charge is 2.27. The van der Waals surface area contributed by atoms with E-state index in [1.54, 1.807) is 16.9 Å².